The Hall–Kier alpha value is -0.343. The predicted molar refractivity (Wildman–Crippen MR) is 52.9 cm³/mol. The van der Waals surface area contributed by atoms with Crippen LogP contribution in [-0.2, 0) is 0 Å². The highest BCUT2D eigenvalue weighted by Crippen LogP contribution is 2.10. The van der Waals surface area contributed by atoms with Crippen molar-refractivity contribution >= 4 is 8.32 Å². The van der Waals surface area contributed by atoms with Gasteiger partial charge in [0.1, 0.15) is 0 Å². The van der Waals surface area contributed by atoms with E-state index in [-0.39, 0.29) is 0 Å². The Balaban J connectivity index is 3.71. The van der Waals surface area contributed by atoms with E-state index in [4.69, 9.17) is 0 Å². The van der Waals surface area contributed by atoms with Crippen LogP contribution in [0.25, 0.3) is 0 Å². The fraction of sp³-hybridized carbons (Fsp3) is 0.556. The van der Waals surface area contributed by atoms with Crippen LogP contribution in [0, 0.1) is 0 Å². The third kappa shape index (κ3) is 6.07. The van der Waals surface area contributed by atoms with Crippen LogP contribution in [0.2, 0.25) is 12.6 Å². The van der Waals surface area contributed by atoms with E-state index in [2.05, 4.69) is 26.5 Å². The van der Waals surface area contributed by atoms with Crippen molar-refractivity contribution in [3.05, 3.63) is 23.9 Å². The third-order valence-electron chi connectivity index (χ3n) is 1.64. The minimum absolute atomic E-state index is 0.891. The Morgan fingerprint density at radius 2 is 2.09 bits per heavy atom. The maximum atomic E-state index is 9.63. The standard InChI is InChI=1S/C9H18OSi/c1-5-11(4,10)8-6-7-9(2)3/h5,7,10H,1,6,8H2,2-4H3/t11-/m0/s1. The number of rotatable bonds is 4. The van der Waals surface area contributed by atoms with Crippen LogP contribution in [0.1, 0.15) is 20.3 Å². The van der Waals surface area contributed by atoms with Crippen molar-refractivity contribution < 1.29 is 4.80 Å². The molecule has 2 heteroatoms. The molecule has 1 nitrogen and oxygen atoms in total. The minimum Gasteiger partial charge on any atom is -0.428 e. The predicted octanol–water partition coefficient (Wildman–Crippen LogP) is 2.64. The molecule has 0 amide bonds. The number of hydrogen-bond acceptors (Lipinski definition) is 1. The monoisotopic (exact) mass is 170 g/mol. The molecule has 64 valence electrons. The van der Waals surface area contributed by atoms with Crippen molar-refractivity contribution in [1.82, 2.24) is 0 Å². The van der Waals surface area contributed by atoms with Crippen LogP contribution >= 0.6 is 0 Å². The molecule has 0 rings (SSSR count). The molecule has 0 aromatic rings. The summed E-state index contributed by atoms with van der Waals surface area (Å²) in [5.41, 5.74) is 3.05. The van der Waals surface area contributed by atoms with Gasteiger partial charge in [-0.2, -0.15) is 0 Å². The van der Waals surface area contributed by atoms with Gasteiger partial charge in [0.05, 0.1) is 0 Å². The van der Waals surface area contributed by atoms with Crippen LogP contribution in [-0.4, -0.2) is 13.1 Å². The second-order valence-electron chi connectivity index (χ2n) is 3.38. The average Bonchev–Trinajstić information content (AvgIpc) is 1.87. The van der Waals surface area contributed by atoms with Crippen molar-refractivity contribution in [3.63, 3.8) is 0 Å². The summed E-state index contributed by atoms with van der Waals surface area (Å²) in [6.45, 7) is 9.68. The van der Waals surface area contributed by atoms with Gasteiger partial charge in [-0.1, -0.05) is 17.3 Å². The SMILES string of the molecule is C=C[Si@](C)(O)CCC=C(C)C. The average molecular weight is 170 g/mol. The molecule has 1 atom stereocenters. The smallest absolute Gasteiger partial charge is 0.209 e. The van der Waals surface area contributed by atoms with Gasteiger partial charge in [0.15, 0.2) is 0 Å². The van der Waals surface area contributed by atoms with E-state index >= 15 is 0 Å². The minimum atomic E-state index is -2.02. The fourth-order valence-electron chi connectivity index (χ4n) is 0.755. The van der Waals surface area contributed by atoms with E-state index in [1.165, 1.54) is 5.57 Å². The molecule has 11 heavy (non-hydrogen) atoms. The zero-order valence-electron chi connectivity index (χ0n) is 7.72. The lowest BCUT2D eigenvalue weighted by Gasteiger charge is -2.12. The maximum absolute atomic E-state index is 9.63. The van der Waals surface area contributed by atoms with Crippen molar-refractivity contribution in [2.24, 2.45) is 0 Å². The highest BCUT2D eigenvalue weighted by atomic mass is 28.4. The molecule has 1 N–H and O–H groups in total. The molecular formula is C9H18OSi. The summed E-state index contributed by atoms with van der Waals surface area (Å²) in [5.74, 6) is 0. The van der Waals surface area contributed by atoms with Crippen molar-refractivity contribution in [3.8, 4) is 0 Å². The first kappa shape index (κ1) is 10.7. The highest BCUT2D eigenvalue weighted by Gasteiger charge is 2.17. The normalized spacial score (nSPS) is 15.3. The van der Waals surface area contributed by atoms with Gasteiger partial charge in [0.2, 0.25) is 8.32 Å². The van der Waals surface area contributed by atoms with Crippen LogP contribution in [0.15, 0.2) is 23.9 Å². The summed E-state index contributed by atoms with van der Waals surface area (Å²) in [6, 6.07) is 0.891. The van der Waals surface area contributed by atoms with Crippen molar-refractivity contribution in [2.75, 3.05) is 0 Å². The Bertz CT molecular complexity index is 155. The molecule has 0 aliphatic heterocycles. The second kappa shape index (κ2) is 4.52. The first-order valence-corrected chi connectivity index (χ1v) is 6.70. The van der Waals surface area contributed by atoms with E-state index in [0.717, 1.165) is 12.5 Å². The lowest BCUT2D eigenvalue weighted by Crippen LogP contribution is -2.26. The molecule has 0 spiro atoms. The van der Waals surface area contributed by atoms with Gasteiger partial charge in [-0.3, -0.25) is 0 Å². The summed E-state index contributed by atoms with van der Waals surface area (Å²) in [7, 11) is -2.02. The van der Waals surface area contributed by atoms with E-state index < -0.39 is 8.32 Å². The van der Waals surface area contributed by atoms with E-state index in [0.29, 0.717) is 0 Å². The first-order valence-electron chi connectivity index (χ1n) is 3.97. The van der Waals surface area contributed by atoms with Crippen molar-refractivity contribution in [1.29, 1.82) is 0 Å². The molecule has 0 aromatic carbocycles. The Morgan fingerprint density at radius 1 is 1.55 bits per heavy atom. The lowest BCUT2D eigenvalue weighted by molar-refractivity contribution is 0.555. The van der Waals surface area contributed by atoms with E-state index in [1.54, 1.807) is 5.70 Å². The fourth-order valence-corrected chi connectivity index (χ4v) is 1.69. The van der Waals surface area contributed by atoms with Crippen LogP contribution < -0.4 is 0 Å². The van der Waals surface area contributed by atoms with E-state index in [9.17, 15) is 4.80 Å². The third-order valence-corrected chi connectivity index (χ3v) is 3.82. The number of hydrogen-bond donors (Lipinski definition) is 1. The van der Waals surface area contributed by atoms with E-state index in [1.807, 2.05) is 6.55 Å². The molecule has 0 aliphatic rings. The Labute approximate surface area is 70.6 Å². The van der Waals surface area contributed by atoms with Crippen LogP contribution in [0.4, 0.5) is 0 Å². The molecule has 0 unspecified atom stereocenters. The van der Waals surface area contributed by atoms with Gasteiger partial charge < -0.3 is 4.80 Å². The summed E-state index contributed by atoms with van der Waals surface area (Å²) in [4.78, 5) is 9.63. The molecular weight excluding hydrogens is 152 g/mol. The summed E-state index contributed by atoms with van der Waals surface area (Å²) >= 11 is 0. The topological polar surface area (TPSA) is 20.2 Å². The summed E-state index contributed by atoms with van der Waals surface area (Å²) in [5, 5.41) is 0. The van der Waals surface area contributed by atoms with Crippen LogP contribution in [0.5, 0.6) is 0 Å². The van der Waals surface area contributed by atoms with Gasteiger partial charge >= 0.3 is 0 Å². The molecule has 0 saturated heterocycles. The highest BCUT2D eigenvalue weighted by molar-refractivity contribution is 6.76. The van der Waals surface area contributed by atoms with Gasteiger partial charge in [0, 0.05) is 0 Å². The van der Waals surface area contributed by atoms with Gasteiger partial charge in [-0.05, 0) is 32.9 Å². The Morgan fingerprint density at radius 3 is 2.45 bits per heavy atom. The molecule has 0 radical (unpaired) electrons. The molecule has 0 aromatic heterocycles. The van der Waals surface area contributed by atoms with Crippen LogP contribution in [0.3, 0.4) is 0 Å². The van der Waals surface area contributed by atoms with Gasteiger partial charge in [-0.15, -0.1) is 6.58 Å². The van der Waals surface area contributed by atoms with Crippen molar-refractivity contribution in [2.45, 2.75) is 32.9 Å². The maximum Gasteiger partial charge on any atom is 0.209 e. The molecule has 0 heterocycles. The molecule has 0 saturated carbocycles. The lowest BCUT2D eigenvalue weighted by atomic mass is 10.3. The quantitative estimate of drug-likeness (QED) is 0.508. The Kier molecular flexibility index (Phi) is 4.38. The summed E-state index contributed by atoms with van der Waals surface area (Å²) in [6.07, 6.45) is 3.14. The van der Waals surface area contributed by atoms with Gasteiger partial charge in [0.25, 0.3) is 0 Å². The second-order valence-corrected chi connectivity index (χ2v) is 7.00. The largest absolute Gasteiger partial charge is 0.428 e. The van der Waals surface area contributed by atoms with Gasteiger partial charge in [-0.25, -0.2) is 0 Å². The molecule has 0 fully saturated rings. The number of allylic oxidation sites excluding steroid dienone is 2. The molecule has 0 bridgehead atoms. The first-order chi connectivity index (χ1) is 4.98. The zero-order valence-corrected chi connectivity index (χ0v) is 8.72. The molecule has 0 aliphatic carbocycles. The summed E-state index contributed by atoms with van der Waals surface area (Å²) < 4.78 is 0. The zero-order chi connectivity index (χ0) is 8.91.